The van der Waals surface area contributed by atoms with Crippen molar-refractivity contribution < 1.29 is 13.2 Å². The van der Waals surface area contributed by atoms with E-state index in [1.165, 1.54) is 50.3 Å². The third-order valence-corrected chi connectivity index (χ3v) is 11.5. The Hall–Kier alpha value is -1.91. The normalized spacial score (nSPS) is 20.2. The highest BCUT2D eigenvalue weighted by atomic mass is 32.2. The molecule has 0 N–H and O–H groups in total. The number of sulfonamides is 1. The molecule has 1 amide bonds. The second-order valence-corrected chi connectivity index (χ2v) is 14.1. The number of thioether (sulfide) groups is 1. The number of benzene rings is 1. The molecule has 0 atom stereocenters. The van der Waals surface area contributed by atoms with E-state index in [1.807, 2.05) is 23.6 Å². The molecule has 1 aliphatic heterocycles. The molecule has 0 unspecified atom stereocenters. The van der Waals surface area contributed by atoms with Crippen molar-refractivity contribution in [3.63, 3.8) is 0 Å². The van der Waals surface area contributed by atoms with Crippen LogP contribution < -0.4 is 0 Å². The van der Waals surface area contributed by atoms with Crippen LogP contribution in [0.25, 0.3) is 11.4 Å². The van der Waals surface area contributed by atoms with Gasteiger partial charge in [-0.25, -0.2) is 8.42 Å². The van der Waals surface area contributed by atoms with Crippen LogP contribution in [0.4, 0.5) is 0 Å². The molecule has 1 aromatic heterocycles. The van der Waals surface area contributed by atoms with Crippen LogP contribution in [0.3, 0.4) is 0 Å². The van der Waals surface area contributed by atoms with E-state index < -0.39 is 10.0 Å². The van der Waals surface area contributed by atoms with E-state index in [0.29, 0.717) is 48.2 Å². The van der Waals surface area contributed by atoms with E-state index in [4.69, 9.17) is 0 Å². The highest BCUT2D eigenvalue weighted by Gasteiger charge is 2.32. The number of piperidine rings is 1. The zero-order valence-electron chi connectivity index (χ0n) is 23.3. The molecule has 3 aliphatic rings. The Morgan fingerprint density at radius 2 is 1.44 bits per heavy atom. The summed E-state index contributed by atoms with van der Waals surface area (Å²) >= 11 is 1.47. The van der Waals surface area contributed by atoms with Crippen molar-refractivity contribution in [1.82, 2.24) is 24.0 Å². The molecule has 0 radical (unpaired) electrons. The van der Waals surface area contributed by atoms with Gasteiger partial charge >= 0.3 is 0 Å². The third kappa shape index (κ3) is 6.54. The van der Waals surface area contributed by atoms with Crippen molar-refractivity contribution in [1.29, 1.82) is 0 Å². The van der Waals surface area contributed by atoms with E-state index in [0.717, 1.165) is 55.7 Å². The van der Waals surface area contributed by atoms with Crippen LogP contribution in [0.5, 0.6) is 0 Å². The minimum absolute atomic E-state index is 0.235. The quantitative estimate of drug-likeness (QED) is 0.356. The molecular formula is C29H43N5O3S2. The maximum absolute atomic E-state index is 13.6. The van der Waals surface area contributed by atoms with Gasteiger partial charge in [0.1, 0.15) is 0 Å². The zero-order chi connectivity index (χ0) is 27.2. The topological polar surface area (TPSA) is 88.4 Å². The fourth-order valence-corrected chi connectivity index (χ4v) is 8.94. The number of amides is 1. The highest BCUT2D eigenvalue weighted by molar-refractivity contribution is 7.99. The molecule has 8 nitrogen and oxygen atoms in total. The molecule has 0 spiro atoms. The predicted octanol–water partition coefficient (Wildman–Crippen LogP) is 5.73. The minimum Gasteiger partial charge on any atom is -0.336 e. The summed E-state index contributed by atoms with van der Waals surface area (Å²) < 4.78 is 29.7. The van der Waals surface area contributed by atoms with E-state index in [-0.39, 0.29) is 5.91 Å². The largest absolute Gasteiger partial charge is 0.336 e. The van der Waals surface area contributed by atoms with E-state index in [1.54, 1.807) is 16.4 Å². The summed E-state index contributed by atoms with van der Waals surface area (Å²) in [5, 5.41) is 9.63. The van der Waals surface area contributed by atoms with Gasteiger partial charge in [-0.1, -0.05) is 56.7 Å². The van der Waals surface area contributed by atoms with Gasteiger partial charge < -0.3 is 9.47 Å². The van der Waals surface area contributed by atoms with Crippen LogP contribution in [0.1, 0.15) is 90.4 Å². The number of hydrogen-bond acceptors (Lipinski definition) is 6. The van der Waals surface area contributed by atoms with Gasteiger partial charge in [0.2, 0.25) is 15.9 Å². The smallest absolute Gasteiger partial charge is 0.243 e. The molecule has 0 bridgehead atoms. The summed E-state index contributed by atoms with van der Waals surface area (Å²) in [7, 11) is -3.47. The van der Waals surface area contributed by atoms with Gasteiger partial charge in [0, 0.05) is 37.3 Å². The van der Waals surface area contributed by atoms with Gasteiger partial charge in [0.25, 0.3) is 0 Å². The van der Waals surface area contributed by atoms with E-state index in [9.17, 15) is 13.2 Å². The number of hydrogen-bond donors (Lipinski definition) is 0. The standard InChI is InChI=1S/C29H43N5O3S2/c1-2-33-28(23-16-18-26(19-17-23)39(36,37)32-20-10-5-11-21-32)30-31-29(33)38-22-27(35)34(24-12-6-3-7-13-24)25-14-8-4-9-15-25/h16-19,24-25H,2-15,20-22H2,1H3. The first-order chi connectivity index (χ1) is 19.0. The molecule has 5 rings (SSSR count). The van der Waals surface area contributed by atoms with Crippen LogP contribution in [0.15, 0.2) is 34.3 Å². The molecule has 214 valence electrons. The van der Waals surface area contributed by atoms with E-state index in [2.05, 4.69) is 15.1 Å². The van der Waals surface area contributed by atoms with Gasteiger partial charge in [0.05, 0.1) is 10.6 Å². The Bertz CT molecular complexity index is 1180. The van der Waals surface area contributed by atoms with Gasteiger partial charge in [-0.15, -0.1) is 10.2 Å². The van der Waals surface area contributed by atoms with Crippen molar-refractivity contribution in [3.8, 4) is 11.4 Å². The number of carbonyl (C=O) groups excluding carboxylic acids is 1. The van der Waals surface area contributed by atoms with Crippen LogP contribution in [0.2, 0.25) is 0 Å². The monoisotopic (exact) mass is 573 g/mol. The molecule has 1 saturated heterocycles. The summed E-state index contributed by atoms with van der Waals surface area (Å²) in [5.74, 6) is 1.31. The molecule has 10 heteroatoms. The van der Waals surface area contributed by atoms with Crippen molar-refractivity contribution >= 4 is 27.7 Å². The lowest BCUT2D eigenvalue weighted by Gasteiger charge is -2.41. The van der Waals surface area contributed by atoms with Crippen molar-refractivity contribution in [2.45, 2.75) is 119 Å². The maximum atomic E-state index is 13.6. The van der Waals surface area contributed by atoms with Gasteiger partial charge in [0.15, 0.2) is 11.0 Å². The van der Waals surface area contributed by atoms with Gasteiger partial charge in [-0.05, 0) is 69.7 Å². The Morgan fingerprint density at radius 1 is 0.872 bits per heavy atom. The van der Waals surface area contributed by atoms with Crippen molar-refractivity contribution in [2.75, 3.05) is 18.8 Å². The first kappa shape index (κ1) is 28.6. The van der Waals surface area contributed by atoms with Crippen molar-refractivity contribution in [3.05, 3.63) is 24.3 Å². The van der Waals surface area contributed by atoms with Crippen LogP contribution in [-0.2, 0) is 21.4 Å². The average Bonchev–Trinajstić information content (AvgIpc) is 3.41. The fourth-order valence-electron chi connectivity index (χ4n) is 6.55. The molecule has 3 fully saturated rings. The Kier molecular flexibility index (Phi) is 9.66. The second kappa shape index (κ2) is 13.2. The van der Waals surface area contributed by atoms with Crippen molar-refractivity contribution in [2.24, 2.45) is 0 Å². The molecule has 1 aromatic carbocycles. The molecule has 2 aliphatic carbocycles. The summed E-state index contributed by atoms with van der Waals surface area (Å²) in [6.07, 6.45) is 14.9. The molecule has 2 aromatic rings. The SMILES string of the molecule is CCn1c(SCC(=O)N(C2CCCCC2)C2CCCCC2)nnc1-c1ccc(S(=O)(=O)N2CCCCC2)cc1. The number of carbonyl (C=O) groups is 1. The van der Waals surface area contributed by atoms with Crippen LogP contribution in [-0.4, -0.2) is 69.2 Å². The van der Waals surface area contributed by atoms with Gasteiger partial charge in [-0.3, -0.25) is 4.79 Å². The lowest BCUT2D eigenvalue weighted by molar-refractivity contribution is -0.135. The molecule has 2 saturated carbocycles. The predicted molar refractivity (Wildman–Crippen MR) is 155 cm³/mol. The Balaban J connectivity index is 1.28. The zero-order valence-corrected chi connectivity index (χ0v) is 24.9. The number of aromatic nitrogens is 3. The third-order valence-electron chi connectivity index (χ3n) is 8.65. The lowest BCUT2D eigenvalue weighted by atomic mass is 9.88. The highest BCUT2D eigenvalue weighted by Crippen LogP contribution is 2.32. The Labute approximate surface area is 238 Å². The molecule has 39 heavy (non-hydrogen) atoms. The molecule has 2 heterocycles. The van der Waals surface area contributed by atoms with Gasteiger partial charge in [-0.2, -0.15) is 4.31 Å². The van der Waals surface area contributed by atoms with E-state index >= 15 is 0 Å². The summed E-state index contributed by atoms with van der Waals surface area (Å²) in [5.41, 5.74) is 0.825. The molecular weight excluding hydrogens is 530 g/mol. The average molecular weight is 574 g/mol. The number of rotatable bonds is 9. The lowest BCUT2D eigenvalue weighted by Crippen LogP contribution is -2.49. The van der Waals surface area contributed by atoms with Crippen LogP contribution >= 0.6 is 11.8 Å². The minimum atomic E-state index is -3.47. The maximum Gasteiger partial charge on any atom is 0.243 e. The Morgan fingerprint density at radius 3 is 2.00 bits per heavy atom. The number of nitrogens with zero attached hydrogens (tertiary/aromatic N) is 5. The summed E-state index contributed by atoms with van der Waals surface area (Å²) in [4.78, 5) is 16.2. The first-order valence-electron chi connectivity index (χ1n) is 15.0. The second-order valence-electron chi connectivity index (χ2n) is 11.2. The summed E-state index contributed by atoms with van der Waals surface area (Å²) in [6.45, 7) is 3.89. The van der Waals surface area contributed by atoms with Crippen LogP contribution in [0, 0.1) is 0 Å². The summed E-state index contributed by atoms with van der Waals surface area (Å²) in [6, 6.07) is 7.76. The first-order valence-corrected chi connectivity index (χ1v) is 17.4. The fraction of sp³-hybridized carbons (Fsp3) is 0.690.